The fourth-order valence-corrected chi connectivity index (χ4v) is 19.0. The van der Waals surface area contributed by atoms with Crippen LogP contribution in [0.25, 0.3) is 21.8 Å². The number of aromatic amines is 1. The van der Waals surface area contributed by atoms with Gasteiger partial charge in [0, 0.05) is 119 Å². The molecule has 3 fully saturated rings. The van der Waals surface area contributed by atoms with Crippen molar-refractivity contribution in [2.45, 2.75) is 292 Å². The number of likely N-dealkylation sites (N-methyl/N-ethyl adjacent to an activating group) is 3. The Bertz CT molecular complexity index is 5450. The lowest BCUT2D eigenvalue weighted by Crippen LogP contribution is -2.62. The molecule has 3 saturated heterocycles. The number of hydrogen-bond acceptors (Lipinski definition) is 25. The predicted molar refractivity (Wildman–Crippen MR) is 538 cm³/mol. The van der Waals surface area contributed by atoms with E-state index in [4.69, 9.17) is 16.6 Å². The lowest BCUT2D eigenvalue weighted by atomic mass is 9.99. The number of carbonyl (C=O) groups excluding carboxylic acids is 18. The number of carboxylic acid groups (broad SMARTS) is 2. The number of nitrogens with two attached hydrogens (primary N) is 2. The summed E-state index contributed by atoms with van der Waals surface area (Å²) in [5.74, 6) is -21.7. The minimum atomic E-state index is -2.01. The van der Waals surface area contributed by atoms with Crippen molar-refractivity contribution in [3.8, 4) is 5.75 Å². The van der Waals surface area contributed by atoms with E-state index in [2.05, 4.69) is 63.5 Å². The number of phenols is 1. The predicted octanol–water partition coefficient (Wildman–Crippen LogP) is -1.12. The van der Waals surface area contributed by atoms with Crippen LogP contribution in [0.2, 0.25) is 0 Å². The van der Waals surface area contributed by atoms with Gasteiger partial charge >= 0.3 is 11.9 Å². The van der Waals surface area contributed by atoms with Crippen LogP contribution in [-0.2, 0) is 122 Å². The zero-order valence-electron chi connectivity index (χ0n) is 84.5. The Morgan fingerprint density at radius 3 is 1.69 bits per heavy atom. The molecule has 147 heavy (non-hydrogen) atoms. The lowest BCUT2D eigenvalue weighted by Gasteiger charge is -2.36. The number of aromatic hydroxyl groups is 1. The molecule has 5 aromatic rings. The first kappa shape index (κ1) is 118. The number of hydrogen-bond donors (Lipinski definition) is 20. The van der Waals surface area contributed by atoms with E-state index in [0.29, 0.717) is 70.6 Å². The van der Waals surface area contributed by atoms with Crippen molar-refractivity contribution >= 4 is 152 Å². The molecule has 0 radical (unpaired) electrons. The zero-order valence-corrected chi connectivity index (χ0v) is 85.3. The van der Waals surface area contributed by atoms with E-state index < -0.39 is 292 Å². The summed E-state index contributed by atoms with van der Waals surface area (Å²) in [5, 5.41) is 92.4. The third-order valence-electron chi connectivity index (χ3n) is 26.3. The molecule has 0 unspecified atom stereocenters. The Kier molecular flexibility index (Phi) is 47.1. The smallest absolute Gasteiger partial charge is 0.323 e. The Hall–Kier alpha value is -13.8. The molecular formula is C100H144N20O26S. The number of para-hydroxylation sites is 2. The van der Waals surface area contributed by atoms with Gasteiger partial charge < -0.3 is 135 Å². The number of nitrogens with zero attached hydrogens (tertiary/aromatic N) is 6. The largest absolute Gasteiger partial charge is 0.508 e. The number of unbranched alkanes of at least 4 members (excludes halogenated alkanes) is 9. The van der Waals surface area contributed by atoms with Crippen molar-refractivity contribution in [1.29, 1.82) is 0 Å². The van der Waals surface area contributed by atoms with Gasteiger partial charge in [0.15, 0.2) is 0 Å². The Morgan fingerprint density at radius 2 is 1.05 bits per heavy atom. The summed E-state index contributed by atoms with van der Waals surface area (Å²) in [4.78, 5) is 296. The standard InChI is InChI=1S/C100H144N20O26S/c1-9-11-29-77-93(139)108-68(42-57(3)4)89(135)114-75(88(134)105-49-83(127)103-40-24-18-16-14-13-15-17-19-33-85(129)130)55-147-56-84(128)106-70(43-59-34-36-62(123)37-35-59)96(142)115(6)58(5)87(133)110-72(47-82(102)126)99(145)119-41-25-32-78(119)94(140)113-74(54-122)91(137)107-67(38-39-81(101)125)98(144)120-51-63(124)46-80(120)95(141)109-69(44-60-48-104-66-28-22-20-26-64(60)66)90(136)112-73(53-121)92(138)111-71(97(143)117(8)79(30-12-10-2)100(146)116(77)7)45-61-50-118(52-86(131)132)76-31-23-21-27-65(61)76/h20-23,26-28,31,34-37,48,50,57-58,63,67-75,77-80,104,121-124H,9-19,24-25,29-30,32-33,38-47,49,51-56H2,1-8H3,(H2,101,125)(H2,102,126)(H,103,127)(H,105,134)(H,106,128)(H,107,137)(H,108,139)(H,109,141)(H,110,133)(H,111,138)(H,112,136)(H,113,140)(H,114,135)(H,129,130)(H,131,132)/t58-,63+,67+,68-,69-,70-,71-,72-,73-,74-,75-,77-,78-,79-,80-/m0/s1. The molecule has 0 spiro atoms. The highest BCUT2D eigenvalue weighted by Crippen LogP contribution is 2.29. The van der Waals surface area contributed by atoms with Crippen LogP contribution in [0.15, 0.2) is 85.2 Å². The monoisotopic (exact) mass is 2070 g/mol. The molecule has 18 amide bonds. The number of H-pyrrole nitrogens is 1. The van der Waals surface area contributed by atoms with Gasteiger partial charge in [0.05, 0.1) is 38.0 Å². The van der Waals surface area contributed by atoms with Crippen LogP contribution in [-0.4, -0.2) is 346 Å². The van der Waals surface area contributed by atoms with Crippen LogP contribution in [0.4, 0.5) is 0 Å². The van der Waals surface area contributed by atoms with E-state index in [1.54, 1.807) is 62.4 Å². The molecule has 22 N–H and O–H groups in total. The second-order valence-corrected chi connectivity index (χ2v) is 39.1. The van der Waals surface area contributed by atoms with Gasteiger partial charge in [-0.25, -0.2) is 0 Å². The topological polar surface area (TPSA) is 684 Å². The lowest BCUT2D eigenvalue weighted by molar-refractivity contribution is -0.149. The molecule has 3 aliphatic rings. The van der Waals surface area contributed by atoms with Gasteiger partial charge in [-0.3, -0.25) is 95.9 Å². The first-order chi connectivity index (χ1) is 70.0. The number of amides is 18. The number of aliphatic hydroxyl groups is 3. The molecule has 0 saturated carbocycles. The van der Waals surface area contributed by atoms with Crippen LogP contribution in [0.5, 0.6) is 5.75 Å². The van der Waals surface area contributed by atoms with Crippen LogP contribution >= 0.6 is 11.8 Å². The van der Waals surface area contributed by atoms with E-state index in [1.165, 1.54) is 69.3 Å². The van der Waals surface area contributed by atoms with Crippen molar-refractivity contribution < 1.29 is 127 Å². The Labute approximate surface area is 856 Å². The maximum Gasteiger partial charge on any atom is 0.323 e. The van der Waals surface area contributed by atoms with Gasteiger partial charge in [-0.2, -0.15) is 0 Å². The van der Waals surface area contributed by atoms with Gasteiger partial charge in [-0.05, 0) is 105 Å². The van der Waals surface area contributed by atoms with E-state index in [-0.39, 0.29) is 76.1 Å². The van der Waals surface area contributed by atoms with Gasteiger partial charge in [-0.1, -0.05) is 140 Å². The maximum atomic E-state index is 16.0. The van der Waals surface area contributed by atoms with Gasteiger partial charge in [0.25, 0.3) is 0 Å². The van der Waals surface area contributed by atoms with Gasteiger partial charge in [0.2, 0.25) is 106 Å². The van der Waals surface area contributed by atoms with E-state index >= 15 is 38.4 Å². The number of nitrogens with one attached hydrogen (secondary N) is 12. The minimum Gasteiger partial charge on any atom is -0.508 e. The average Bonchev–Trinajstić information content (AvgIpc) is 1.54. The summed E-state index contributed by atoms with van der Waals surface area (Å²) in [7, 11) is 3.81. The van der Waals surface area contributed by atoms with E-state index in [9.17, 15) is 83.1 Å². The van der Waals surface area contributed by atoms with Crippen molar-refractivity contribution in [2.75, 3.05) is 72.0 Å². The summed E-state index contributed by atoms with van der Waals surface area (Å²) in [6.07, 6.45) is 5.29. The van der Waals surface area contributed by atoms with Crippen molar-refractivity contribution in [1.82, 2.24) is 92.5 Å². The highest BCUT2D eigenvalue weighted by atomic mass is 32.2. The average molecular weight is 2070 g/mol. The molecule has 3 aromatic carbocycles. The number of primary amides is 2. The number of benzene rings is 3. The number of carboxylic acids is 2. The number of fused-ring (bicyclic) bond motifs is 4. The Balaban J connectivity index is 1.19. The van der Waals surface area contributed by atoms with Crippen LogP contribution in [0.1, 0.15) is 193 Å². The first-order valence-corrected chi connectivity index (χ1v) is 51.2. The number of aliphatic hydroxyl groups excluding tert-OH is 3. The second-order valence-electron chi connectivity index (χ2n) is 38.1. The molecule has 3 aliphatic heterocycles. The fraction of sp³-hybridized carbons (Fsp3) is 0.580. The SMILES string of the molecule is CCCC[C@H]1C(=O)N(C)[C@@H](CCCC)C(=O)N[C@@H](CC(C)C)C(=O)N[C@H](C(=O)NCC(=O)NCCCCCCCCCCC(=O)O)CSCC(=O)N[C@@H](Cc2ccc(O)cc2)C(=O)N(C)[C@@H](C)C(=O)N[C@@H](CC(N)=O)C(=O)N2CCC[C@H]2C(=O)N[C@@H](CO)C(=O)N[C@H](CCC(N)=O)C(=O)N2C[C@H](O)C[C@H]2C(=O)N[C@@H](Cc2c[nH]c3ccccc23)C(=O)N[C@@H](CO)C(=O)N[C@@H](Cc2cn(CC(=O)O)c3ccccc23)C(=O)N1C. The number of rotatable bonds is 37. The molecule has 15 atom stereocenters. The number of aromatic nitrogens is 2. The number of phenolic OH excluding ortho intramolecular Hbond substituents is 1. The third-order valence-corrected chi connectivity index (χ3v) is 27.4. The highest BCUT2D eigenvalue weighted by molar-refractivity contribution is 8.00. The van der Waals surface area contributed by atoms with Crippen LogP contribution in [0, 0.1) is 5.92 Å². The summed E-state index contributed by atoms with van der Waals surface area (Å²) in [6, 6.07) is -4.62. The van der Waals surface area contributed by atoms with Crippen molar-refractivity contribution in [3.05, 3.63) is 102 Å². The summed E-state index contributed by atoms with van der Waals surface area (Å²) < 4.78 is 1.40. The minimum absolute atomic E-state index is 0.0346. The molecule has 806 valence electrons. The second kappa shape index (κ2) is 58.5. The third kappa shape index (κ3) is 35.5. The molecule has 0 aliphatic carbocycles. The van der Waals surface area contributed by atoms with Crippen molar-refractivity contribution in [3.63, 3.8) is 0 Å². The number of thioether (sulfide) groups is 1. The molecule has 5 heterocycles. The fourth-order valence-electron chi connectivity index (χ4n) is 18.1. The summed E-state index contributed by atoms with van der Waals surface area (Å²) >= 11 is 0.783. The molecule has 2 aromatic heterocycles. The quantitative estimate of drug-likeness (QED) is 0.0210. The Morgan fingerprint density at radius 1 is 0.510 bits per heavy atom. The highest BCUT2D eigenvalue weighted by Gasteiger charge is 2.47. The van der Waals surface area contributed by atoms with E-state index in [0.717, 1.165) is 74.8 Å². The van der Waals surface area contributed by atoms with Gasteiger partial charge in [0.1, 0.15) is 96.9 Å². The zero-order chi connectivity index (χ0) is 108. The molecule has 8 rings (SSSR count). The van der Waals surface area contributed by atoms with Crippen LogP contribution in [0.3, 0.4) is 0 Å². The maximum absolute atomic E-state index is 16.0. The van der Waals surface area contributed by atoms with Crippen molar-refractivity contribution in [2.24, 2.45) is 17.4 Å². The summed E-state index contributed by atoms with van der Waals surface area (Å²) in [6.45, 7) is 4.22. The molecule has 47 heteroatoms. The van der Waals surface area contributed by atoms with Gasteiger partial charge in [-0.15, -0.1) is 11.8 Å². The summed E-state index contributed by atoms with van der Waals surface area (Å²) in [5.41, 5.74) is 13.3. The molecule has 0 bridgehead atoms. The number of carbonyl (C=O) groups is 20. The first-order valence-electron chi connectivity index (χ1n) is 50.0. The molecular weight excluding hydrogens is 1930 g/mol. The van der Waals surface area contributed by atoms with E-state index in [1.807, 2.05) is 13.8 Å². The number of aliphatic carboxylic acids is 2. The van der Waals surface area contributed by atoms with Crippen LogP contribution < -0.4 is 70.0 Å². The normalized spacial score (nSPS) is 23.7. The molecule has 46 nitrogen and oxygen atoms in total.